The molecule has 0 spiro atoms. The molecule has 14 heavy (non-hydrogen) atoms. The van der Waals surface area contributed by atoms with Crippen molar-refractivity contribution < 1.29 is 0 Å². The number of pyridine rings is 1. The van der Waals surface area contributed by atoms with E-state index in [1.165, 1.54) is 0 Å². The monoisotopic (exact) mass is 274 g/mol. The van der Waals surface area contributed by atoms with E-state index >= 15 is 0 Å². The van der Waals surface area contributed by atoms with Crippen molar-refractivity contribution in [2.45, 2.75) is 30.0 Å². The third-order valence-electron chi connectivity index (χ3n) is 1.93. The molecule has 0 bridgehead atoms. The maximum absolute atomic E-state index is 5.54. The summed E-state index contributed by atoms with van der Waals surface area (Å²) in [5.41, 5.74) is 5.54. The van der Waals surface area contributed by atoms with Gasteiger partial charge in [0.2, 0.25) is 0 Å². The molecular formula is C10H15BrN2S. The summed E-state index contributed by atoms with van der Waals surface area (Å²) in [7, 11) is 0. The fraction of sp³-hybridized carbons (Fsp3) is 0.500. The first-order valence-electron chi connectivity index (χ1n) is 4.74. The van der Waals surface area contributed by atoms with E-state index in [0.717, 1.165) is 28.9 Å². The summed E-state index contributed by atoms with van der Waals surface area (Å²) in [4.78, 5) is 4.32. The van der Waals surface area contributed by atoms with E-state index in [4.69, 9.17) is 5.73 Å². The molecule has 1 aromatic rings. The van der Waals surface area contributed by atoms with Gasteiger partial charge in [0.05, 0.1) is 5.03 Å². The maximum Gasteiger partial charge on any atom is 0.0963 e. The Morgan fingerprint density at radius 3 is 2.86 bits per heavy atom. The van der Waals surface area contributed by atoms with E-state index in [1.807, 2.05) is 30.1 Å². The Morgan fingerprint density at radius 1 is 1.57 bits per heavy atom. The van der Waals surface area contributed by atoms with E-state index in [0.29, 0.717) is 5.25 Å². The lowest BCUT2D eigenvalue weighted by atomic mass is 10.2. The maximum atomic E-state index is 5.54. The minimum absolute atomic E-state index is 0.591. The standard InChI is InChI=1S/C10H15BrN2S/c1-2-9(5-6-12)14-10-4-3-8(11)7-13-10/h3-4,7,9H,2,5-6,12H2,1H3. The molecule has 2 N–H and O–H groups in total. The SMILES string of the molecule is CCC(CCN)Sc1ccc(Br)cn1. The molecule has 0 aliphatic heterocycles. The molecule has 1 atom stereocenters. The summed E-state index contributed by atoms with van der Waals surface area (Å²) in [6.07, 6.45) is 4.02. The predicted molar refractivity (Wildman–Crippen MR) is 65.5 cm³/mol. The van der Waals surface area contributed by atoms with Crippen LogP contribution in [0.3, 0.4) is 0 Å². The van der Waals surface area contributed by atoms with Crippen molar-refractivity contribution in [2.24, 2.45) is 5.73 Å². The smallest absolute Gasteiger partial charge is 0.0963 e. The minimum Gasteiger partial charge on any atom is -0.330 e. The number of halogens is 1. The first-order chi connectivity index (χ1) is 6.76. The van der Waals surface area contributed by atoms with Gasteiger partial charge in [0.25, 0.3) is 0 Å². The van der Waals surface area contributed by atoms with E-state index < -0.39 is 0 Å². The summed E-state index contributed by atoms with van der Waals surface area (Å²) in [5.74, 6) is 0. The van der Waals surface area contributed by atoms with Crippen LogP contribution in [0, 0.1) is 0 Å². The lowest BCUT2D eigenvalue weighted by Crippen LogP contribution is -2.09. The number of hydrogen-bond donors (Lipinski definition) is 1. The number of nitrogens with zero attached hydrogens (tertiary/aromatic N) is 1. The van der Waals surface area contributed by atoms with Gasteiger partial charge in [-0.3, -0.25) is 0 Å². The zero-order valence-corrected chi connectivity index (χ0v) is 10.6. The van der Waals surface area contributed by atoms with Crippen LogP contribution in [0.4, 0.5) is 0 Å². The van der Waals surface area contributed by atoms with Crippen molar-refractivity contribution in [3.8, 4) is 0 Å². The van der Waals surface area contributed by atoms with Gasteiger partial charge in [0.15, 0.2) is 0 Å². The summed E-state index contributed by atoms with van der Waals surface area (Å²) < 4.78 is 1.02. The number of aromatic nitrogens is 1. The summed E-state index contributed by atoms with van der Waals surface area (Å²) >= 11 is 5.18. The highest BCUT2D eigenvalue weighted by molar-refractivity contribution is 9.10. The number of thioether (sulfide) groups is 1. The molecule has 1 aromatic heterocycles. The van der Waals surface area contributed by atoms with Gasteiger partial charge in [-0.25, -0.2) is 4.98 Å². The third kappa shape index (κ3) is 3.98. The molecular weight excluding hydrogens is 260 g/mol. The molecule has 0 amide bonds. The highest BCUT2D eigenvalue weighted by Crippen LogP contribution is 2.26. The molecule has 0 saturated heterocycles. The summed E-state index contributed by atoms with van der Waals surface area (Å²) in [6, 6.07) is 4.05. The van der Waals surface area contributed by atoms with Crippen LogP contribution < -0.4 is 5.73 Å². The predicted octanol–water partition coefficient (Wildman–Crippen LogP) is 3.06. The molecule has 0 aliphatic carbocycles. The highest BCUT2D eigenvalue weighted by atomic mass is 79.9. The van der Waals surface area contributed by atoms with Gasteiger partial charge in [-0.2, -0.15) is 0 Å². The molecule has 78 valence electrons. The van der Waals surface area contributed by atoms with E-state index in [1.54, 1.807) is 0 Å². The van der Waals surface area contributed by atoms with Crippen LogP contribution in [0.15, 0.2) is 27.8 Å². The lowest BCUT2D eigenvalue weighted by Gasteiger charge is -2.11. The quantitative estimate of drug-likeness (QED) is 0.839. The molecule has 1 heterocycles. The first kappa shape index (κ1) is 12.0. The van der Waals surface area contributed by atoms with Gasteiger partial charge in [-0.05, 0) is 47.4 Å². The number of rotatable bonds is 5. The lowest BCUT2D eigenvalue weighted by molar-refractivity contribution is 0.744. The molecule has 0 fully saturated rings. The second-order valence-electron chi connectivity index (χ2n) is 3.04. The molecule has 4 heteroatoms. The second kappa shape index (κ2) is 6.43. The molecule has 1 rings (SSSR count). The van der Waals surface area contributed by atoms with Crippen molar-refractivity contribution in [2.75, 3.05) is 6.54 Å². The van der Waals surface area contributed by atoms with Crippen molar-refractivity contribution in [1.82, 2.24) is 4.98 Å². The average Bonchev–Trinajstić information content (AvgIpc) is 2.20. The topological polar surface area (TPSA) is 38.9 Å². The fourth-order valence-electron chi connectivity index (χ4n) is 1.13. The van der Waals surface area contributed by atoms with Crippen LogP contribution in [0.25, 0.3) is 0 Å². The van der Waals surface area contributed by atoms with Crippen molar-refractivity contribution in [1.29, 1.82) is 0 Å². The van der Waals surface area contributed by atoms with Crippen molar-refractivity contribution in [3.05, 3.63) is 22.8 Å². The van der Waals surface area contributed by atoms with E-state index in [9.17, 15) is 0 Å². The van der Waals surface area contributed by atoms with Crippen LogP contribution >= 0.6 is 27.7 Å². The van der Waals surface area contributed by atoms with Crippen molar-refractivity contribution >= 4 is 27.7 Å². The normalized spacial score (nSPS) is 12.8. The molecule has 0 saturated carbocycles. The largest absolute Gasteiger partial charge is 0.330 e. The van der Waals surface area contributed by atoms with Crippen LogP contribution in [-0.4, -0.2) is 16.8 Å². The minimum atomic E-state index is 0.591. The first-order valence-corrected chi connectivity index (χ1v) is 6.41. The summed E-state index contributed by atoms with van der Waals surface area (Å²) in [6.45, 7) is 2.94. The fourth-order valence-corrected chi connectivity index (χ4v) is 2.39. The van der Waals surface area contributed by atoms with Gasteiger partial charge in [-0.1, -0.05) is 6.92 Å². The second-order valence-corrected chi connectivity index (χ2v) is 5.28. The summed E-state index contributed by atoms with van der Waals surface area (Å²) in [5, 5.41) is 1.67. The van der Waals surface area contributed by atoms with Gasteiger partial charge >= 0.3 is 0 Å². The van der Waals surface area contributed by atoms with Gasteiger partial charge in [-0.15, -0.1) is 11.8 Å². The molecule has 1 unspecified atom stereocenters. The third-order valence-corrected chi connectivity index (χ3v) is 3.79. The van der Waals surface area contributed by atoms with Crippen LogP contribution in [-0.2, 0) is 0 Å². The molecule has 0 aliphatic rings. The van der Waals surface area contributed by atoms with E-state index in [2.05, 4.69) is 27.8 Å². The van der Waals surface area contributed by atoms with Crippen LogP contribution in [0.2, 0.25) is 0 Å². The average molecular weight is 275 g/mol. The number of hydrogen-bond acceptors (Lipinski definition) is 3. The Kier molecular flexibility index (Phi) is 5.52. The van der Waals surface area contributed by atoms with Crippen molar-refractivity contribution in [3.63, 3.8) is 0 Å². The molecule has 2 nitrogen and oxygen atoms in total. The van der Waals surface area contributed by atoms with Gasteiger partial charge in [0, 0.05) is 15.9 Å². The zero-order chi connectivity index (χ0) is 10.4. The Morgan fingerprint density at radius 2 is 2.36 bits per heavy atom. The molecule has 0 aromatic carbocycles. The van der Waals surface area contributed by atoms with Crippen LogP contribution in [0.1, 0.15) is 19.8 Å². The number of nitrogens with two attached hydrogens (primary N) is 1. The Bertz CT molecular complexity index is 263. The van der Waals surface area contributed by atoms with Crippen LogP contribution in [0.5, 0.6) is 0 Å². The Balaban J connectivity index is 2.53. The van der Waals surface area contributed by atoms with Gasteiger partial charge < -0.3 is 5.73 Å². The Hall–Kier alpha value is -0.0600. The van der Waals surface area contributed by atoms with Gasteiger partial charge in [0.1, 0.15) is 0 Å². The Labute approximate surface area is 97.8 Å². The highest BCUT2D eigenvalue weighted by Gasteiger charge is 2.07. The zero-order valence-electron chi connectivity index (χ0n) is 8.24. The van der Waals surface area contributed by atoms with E-state index in [-0.39, 0.29) is 0 Å². The molecule has 0 radical (unpaired) electrons.